The molecule has 3 unspecified atom stereocenters. The van der Waals surface area contributed by atoms with Crippen LogP contribution >= 0.6 is 46.0 Å². The second kappa shape index (κ2) is 10.4. The van der Waals surface area contributed by atoms with Crippen LogP contribution in [0.25, 0.3) is 0 Å². The van der Waals surface area contributed by atoms with Gasteiger partial charge in [0.2, 0.25) is 0 Å². The number of methoxy groups -OCH3 is 1. The molecule has 6 saturated heterocycles. The predicted octanol–water partition coefficient (Wildman–Crippen LogP) is 3.50. The summed E-state index contributed by atoms with van der Waals surface area (Å²) in [6.45, 7) is 3.95. The standard InChI is InChI=1S/C23H30ClIO8S/c1-11(25)7-12(24)5-6-23-9-15-19(32-23)20-21(31-15)22(33-23)18-14(30-20)4-3-13(29-18)8-17(27)34-10-16(26)28-2/h12-15,18-22H,1,3-10H2,2H3/t12-,13-,14+,15?,18+,19-,20?,21?,22+,23+/m1/s1. The monoisotopic (exact) mass is 628 g/mol. The molecule has 6 heterocycles. The quantitative estimate of drug-likeness (QED) is 0.216. The summed E-state index contributed by atoms with van der Waals surface area (Å²) in [4.78, 5) is 23.7. The van der Waals surface area contributed by atoms with Gasteiger partial charge in [-0.3, -0.25) is 9.59 Å². The molecule has 6 fully saturated rings. The summed E-state index contributed by atoms with van der Waals surface area (Å²) in [6, 6.07) is 0. The Morgan fingerprint density at radius 3 is 2.62 bits per heavy atom. The highest BCUT2D eigenvalue weighted by Gasteiger charge is 2.68. The van der Waals surface area contributed by atoms with Gasteiger partial charge >= 0.3 is 5.97 Å². The van der Waals surface area contributed by atoms with Gasteiger partial charge in [0, 0.05) is 24.6 Å². The smallest absolute Gasteiger partial charge is 0.316 e. The molecule has 6 aliphatic heterocycles. The Bertz CT molecular complexity index is 831. The van der Waals surface area contributed by atoms with Crippen LogP contribution in [0.3, 0.4) is 0 Å². The molecule has 0 N–H and O–H groups in total. The lowest BCUT2D eigenvalue weighted by molar-refractivity contribution is -0.291. The molecule has 8 nitrogen and oxygen atoms in total. The highest BCUT2D eigenvalue weighted by molar-refractivity contribution is 14.1. The molecular weight excluding hydrogens is 599 g/mol. The van der Waals surface area contributed by atoms with Gasteiger partial charge in [0.15, 0.2) is 10.9 Å². The molecule has 0 aromatic heterocycles. The molecule has 6 rings (SSSR count). The minimum atomic E-state index is -0.760. The third kappa shape index (κ3) is 5.20. The van der Waals surface area contributed by atoms with Crippen molar-refractivity contribution in [2.45, 2.75) is 105 Å². The van der Waals surface area contributed by atoms with Crippen LogP contribution < -0.4 is 0 Å². The first-order valence-electron chi connectivity index (χ1n) is 11.8. The van der Waals surface area contributed by atoms with E-state index in [4.69, 9.17) is 35.3 Å². The minimum absolute atomic E-state index is 0.00958. The molecule has 0 aromatic carbocycles. The van der Waals surface area contributed by atoms with Gasteiger partial charge in [-0.05, 0) is 51.9 Å². The maximum Gasteiger partial charge on any atom is 0.316 e. The molecule has 0 aromatic rings. The molecule has 11 heteroatoms. The number of hydrogen-bond donors (Lipinski definition) is 0. The number of hydrogen-bond acceptors (Lipinski definition) is 9. The van der Waals surface area contributed by atoms with Crippen LogP contribution in [0.1, 0.15) is 44.9 Å². The Kier molecular flexibility index (Phi) is 7.88. The highest BCUT2D eigenvalue weighted by Crippen LogP contribution is 2.54. The molecule has 0 aliphatic carbocycles. The third-order valence-electron chi connectivity index (χ3n) is 7.28. The fourth-order valence-corrected chi connectivity index (χ4v) is 7.58. The lowest BCUT2D eigenvalue weighted by atomic mass is 9.87. The normalized spacial score (nSPS) is 42.7. The van der Waals surface area contributed by atoms with Gasteiger partial charge in [-0.15, -0.1) is 11.6 Å². The van der Waals surface area contributed by atoms with Crippen LogP contribution in [-0.2, 0) is 38.0 Å². The average Bonchev–Trinajstić information content (AvgIpc) is 3.21. The van der Waals surface area contributed by atoms with E-state index in [1.807, 2.05) is 0 Å². The van der Waals surface area contributed by atoms with E-state index in [1.165, 1.54) is 7.11 Å². The largest absolute Gasteiger partial charge is 0.468 e. The third-order valence-corrected chi connectivity index (χ3v) is 8.96. The number of halogens is 2. The number of ether oxygens (including phenoxy) is 6. The van der Waals surface area contributed by atoms with Crippen molar-refractivity contribution < 1.29 is 38.0 Å². The zero-order valence-electron chi connectivity index (χ0n) is 19.0. The lowest BCUT2D eigenvalue weighted by Crippen LogP contribution is -2.61. The number of carbonyl (C=O) groups is 2. The minimum Gasteiger partial charge on any atom is -0.468 e. The number of esters is 1. The van der Waals surface area contributed by atoms with Gasteiger partial charge in [-0.25, -0.2) is 0 Å². The number of fused-ring (bicyclic) bond motifs is 1. The molecule has 0 spiro atoms. The van der Waals surface area contributed by atoms with Gasteiger partial charge in [0.05, 0.1) is 31.2 Å². The molecular formula is C23H30ClIO8S. The van der Waals surface area contributed by atoms with Crippen molar-refractivity contribution in [3.8, 4) is 0 Å². The topological polar surface area (TPSA) is 89.5 Å². The van der Waals surface area contributed by atoms with Crippen LogP contribution in [-0.4, -0.2) is 83.9 Å². The van der Waals surface area contributed by atoms with Crippen LogP contribution in [0.2, 0.25) is 0 Å². The van der Waals surface area contributed by atoms with E-state index in [1.54, 1.807) is 0 Å². The molecule has 34 heavy (non-hydrogen) atoms. The predicted molar refractivity (Wildman–Crippen MR) is 133 cm³/mol. The molecule has 0 amide bonds. The van der Waals surface area contributed by atoms with Crippen molar-refractivity contribution >= 4 is 57.0 Å². The summed E-state index contributed by atoms with van der Waals surface area (Å²) < 4.78 is 38.0. The van der Waals surface area contributed by atoms with Crippen molar-refractivity contribution in [3.63, 3.8) is 0 Å². The second-order valence-corrected chi connectivity index (χ2v) is 12.8. The van der Waals surface area contributed by atoms with E-state index in [2.05, 4.69) is 33.9 Å². The van der Waals surface area contributed by atoms with Gasteiger partial charge in [0.1, 0.15) is 30.5 Å². The summed E-state index contributed by atoms with van der Waals surface area (Å²) in [7, 11) is 1.31. The Hall–Kier alpha value is 0.0500. The zero-order chi connectivity index (χ0) is 24.0. The van der Waals surface area contributed by atoms with Gasteiger partial charge in [-0.2, -0.15) is 0 Å². The van der Waals surface area contributed by atoms with E-state index >= 15 is 0 Å². The van der Waals surface area contributed by atoms with Crippen molar-refractivity contribution in [1.82, 2.24) is 0 Å². The van der Waals surface area contributed by atoms with E-state index in [0.717, 1.165) is 34.6 Å². The lowest BCUT2D eigenvalue weighted by Gasteiger charge is -2.47. The Balaban J connectivity index is 1.25. The summed E-state index contributed by atoms with van der Waals surface area (Å²) in [5.74, 6) is -1.17. The fourth-order valence-electron chi connectivity index (χ4n) is 5.79. The van der Waals surface area contributed by atoms with Gasteiger partial charge < -0.3 is 28.4 Å². The number of carbonyl (C=O) groups excluding carboxylic acids is 2. The average molecular weight is 629 g/mol. The SMILES string of the molecule is C=C(I)C[C@H](Cl)CC[C@@]12CC3OC4C(O[C@H]5CC[C@H](CC(=O)SCC(=O)OC)O[C@@H]5[C@@H]4O1)[C@@H]3O2. The van der Waals surface area contributed by atoms with Crippen LogP contribution in [0.4, 0.5) is 0 Å². The number of thioether (sulfide) groups is 1. The fraction of sp³-hybridized carbons (Fsp3) is 0.826. The van der Waals surface area contributed by atoms with E-state index in [0.29, 0.717) is 19.3 Å². The molecule has 0 saturated carbocycles. The van der Waals surface area contributed by atoms with Crippen molar-refractivity contribution in [1.29, 1.82) is 0 Å². The summed E-state index contributed by atoms with van der Waals surface area (Å²) in [5.41, 5.74) is 0. The van der Waals surface area contributed by atoms with Crippen LogP contribution in [0, 0.1) is 0 Å². The molecule has 6 aliphatic rings. The molecule has 6 bridgehead atoms. The Morgan fingerprint density at radius 1 is 1.12 bits per heavy atom. The van der Waals surface area contributed by atoms with Crippen molar-refractivity contribution in [2.24, 2.45) is 0 Å². The van der Waals surface area contributed by atoms with Crippen LogP contribution in [0.15, 0.2) is 10.2 Å². The number of allylic oxidation sites excluding steroid dienone is 1. The highest BCUT2D eigenvalue weighted by atomic mass is 127. The van der Waals surface area contributed by atoms with Crippen molar-refractivity contribution in [2.75, 3.05) is 12.9 Å². The van der Waals surface area contributed by atoms with Crippen molar-refractivity contribution in [3.05, 3.63) is 10.2 Å². The second-order valence-electron chi connectivity index (χ2n) is 9.66. The number of rotatable bonds is 9. The van der Waals surface area contributed by atoms with Gasteiger partial charge in [-0.1, -0.05) is 18.3 Å². The molecule has 190 valence electrons. The van der Waals surface area contributed by atoms with Crippen LogP contribution in [0.5, 0.6) is 0 Å². The maximum absolute atomic E-state index is 12.4. The number of alkyl halides is 1. The van der Waals surface area contributed by atoms with E-state index in [9.17, 15) is 9.59 Å². The Morgan fingerprint density at radius 2 is 1.85 bits per heavy atom. The Labute approximate surface area is 222 Å². The first kappa shape index (κ1) is 25.7. The van der Waals surface area contributed by atoms with E-state index in [-0.39, 0.29) is 71.5 Å². The molecule has 0 radical (unpaired) electrons. The maximum atomic E-state index is 12.4. The summed E-state index contributed by atoms with van der Waals surface area (Å²) in [5, 5.41) is -0.120. The summed E-state index contributed by atoms with van der Waals surface area (Å²) >= 11 is 9.71. The molecule has 10 atom stereocenters. The van der Waals surface area contributed by atoms with Gasteiger partial charge in [0.25, 0.3) is 0 Å². The summed E-state index contributed by atoms with van der Waals surface area (Å²) in [6.07, 6.45) is 2.89. The zero-order valence-corrected chi connectivity index (χ0v) is 22.7. The van der Waals surface area contributed by atoms with E-state index < -0.39 is 11.8 Å². The first-order chi connectivity index (χ1) is 16.3. The first-order valence-corrected chi connectivity index (χ1v) is 14.3.